The average molecular weight is 238 g/mol. The van der Waals surface area contributed by atoms with E-state index < -0.39 is 0 Å². The number of hydrogen-bond acceptors (Lipinski definition) is 4. The fourth-order valence-electron chi connectivity index (χ4n) is 1.29. The molecule has 16 heavy (non-hydrogen) atoms. The molecule has 0 fully saturated rings. The molecule has 0 amide bonds. The van der Waals surface area contributed by atoms with Gasteiger partial charge in [-0.3, -0.25) is 9.67 Å². The normalized spacial score (nSPS) is 10.3. The first-order valence-corrected chi connectivity index (χ1v) is 4.98. The Labute approximate surface area is 95.9 Å². The van der Waals surface area contributed by atoms with Gasteiger partial charge in [0.05, 0.1) is 13.7 Å². The fraction of sp³-hybridized carbons (Fsp3) is 0.222. The number of aromatic amines is 2. The molecule has 6 nitrogen and oxygen atoms in total. The van der Waals surface area contributed by atoms with Gasteiger partial charge in [0, 0.05) is 12.3 Å². The Bertz CT molecular complexity index is 553. The molecule has 0 aliphatic rings. The lowest BCUT2D eigenvalue weighted by molar-refractivity contribution is 0.397. The lowest BCUT2D eigenvalue weighted by atomic mass is 10.3. The molecule has 0 saturated carbocycles. The second-order valence-corrected chi connectivity index (χ2v) is 3.54. The summed E-state index contributed by atoms with van der Waals surface area (Å²) < 4.78 is 6.72. The van der Waals surface area contributed by atoms with Crippen LogP contribution < -0.4 is 10.4 Å². The first kappa shape index (κ1) is 10.6. The second kappa shape index (κ2) is 4.31. The lowest BCUT2D eigenvalue weighted by Gasteiger charge is -2.02. The molecule has 2 heterocycles. The average Bonchev–Trinajstić information content (AvgIpc) is 2.62. The van der Waals surface area contributed by atoms with Crippen molar-refractivity contribution in [3.8, 4) is 5.88 Å². The Morgan fingerprint density at radius 1 is 1.50 bits per heavy atom. The maximum atomic E-state index is 11.3. The highest BCUT2D eigenvalue weighted by molar-refractivity contribution is 7.71. The van der Waals surface area contributed by atoms with E-state index >= 15 is 0 Å². The highest BCUT2D eigenvalue weighted by Gasteiger charge is 2.02. The summed E-state index contributed by atoms with van der Waals surface area (Å²) in [6.07, 6.45) is 1.65. The first-order valence-electron chi connectivity index (χ1n) is 4.57. The molecule has 2 aromatic heterocycles. The summed E-state index contributed by atoms with van der Waals surface area (Å²) in [4.78, 5) is 15.4. The van der Waals surface area contributed by atoms with Crippen LogP contribution in [0.15, 0.2) is 23.1 Å². The number of methoxy groups -OCH3 is 1. The lowest BCUT2D eigenvalue weighted by Crippen LogP contribution is -2.17. The third-order valence-corrected chi connectivity index (χ3v) is 2.44. The van der Waals surface area contributed by atoms with E-state index in [-0.39, 0.29) is 5.69 Å². The molecule has 2 aromatic rings. The van der Waals surface area contributed by atoms with Crippen molar-refractivity contribution in [2.45, 2.75) is 6.54 Å². The van der Waals surface area contributed by atoms with Gasteiger partial charge in [-0.2, -0.15) is 0 Å². The maximum absolute atomic E-state index is 11.3. The number of rotatable bonds is 3. The van der Waals surface area contributed by atoms with E-state index in [1.54, 1.807) is 19.4 Å². The van der Waals surface area contributed by atoms with Gasteiger partial charge in [0.15, 0.2) is 4.77 Å². The Morgan fingerprint density at radius 3 is 2.81 bits per heavy atom. The molecule has 0 bridgehead atoms. The minimum Gasteiger partial charge on any atom is -0.481 e. The van der Waals surface area contributed by atoms with Gasteiger partial charge in [-0.25, -0.2) is 14.9 Å². The molecule has 0 aromatic carbocycles. The van der Waals surface area contributed by atoms with Crippen LogP contribution in [0.4, 0.5) is 0 Å². The van der Waals surface area contributed by atoms with Crippen LogP contribution in [0.1, 0.15) is 5.56 Å². The Kier molecular flexibility index (Phi) is 2.86. The second-order valence-electron chi connectivity index (χ2n) is 3.16. The summed E-state index contributed by atoms with van der Waals surface area (Å²) in [5, 5.41) is 4.99. The molecule has 7 heteroatoms. The number of hydrogen-bond donors (Lipinski definition) is 2. The molecule has 0 saturated heterocycles. The van der Waals surface area contributed by atoms with Crippen molar-refractivity contribution in [1.29, 1.82) is 0 Å². The van der Waals surface area contributed by atoms with Gasteiger partial charge in [0.2, 0.25) is 5.88 Å². The molecule has 0 unspecified atom stereocenters. The maximum Gasteiger partial charge on any atom is 0.342 e. The van der Waals surface area contributed by atoms with Crippen molar-refractivity contribution < 1.29 is 4.74 Å². The van der Waals surface area contributed by atoms with Crippen LogP contribution in [0.3, 0.4) is 0 Å². The zero-order valence-electron chi connectivity index (χ0n) is 8.56. The van der Waals surface area contributed by atoms with Crippen molar-refractivity contribution in [2.75, 3.05) is 7.11 Å². The van der Waals surface area contributed by atoms with E-state index in [1.165, 1.54) is 4.57 Å². The van der Waals surface area contributed by atoms with E-state index in [2.05, 4.69) is 15.2 Å². The van der Waals surface area contributed by atoms with E-state index in [0.717, 1.165) is 5.56 Å². The van der Waals surface area contributed by atoms with Gasteiger partial charge >= 0.3 is 5.69 Å². The summed E-state index contributed by atoms with van der Waals surface area (Å²) in [6.45, 7) is 0.384. The Morgan fingerprint density at radius 2 is 2.31 bits per heavy atom. The van der Waals surface area contributed by atoms with Crippen LogP contribution in [0.2, 0.25) is 0 Å². The van der Waals surface area contributed by atoms with E-state index in [1.807, 2.05) is 6.07 Å². The molecule has 0 spiro atoms. The van der Waals surface area contributed by atoms with Crippen LogP contribution in [-0.4, -0.2) is 26.9 Å². The fourth-order valence-corrected chi connectivity index (χ4v) is 1.48. The molecule has 2 N–H and O–H groups in total. The molecule has 84 valence electrons. The van der Waals surface area contributed by atoms with Gasteiger partial charge in [-0.15, -0.1) is 0 Å². The van der Waals surface area contributed by atoms with Gasteiger partial charge in [0.25, 0.3) is 0 Å². The summed E-state index contributed by atoms with van der Waals surface area (Å²) in [5.74, 6) is 0.537. The SMILES string of the molecule is COc1ccc(Cn2c(=O)[nH][nH]c2=S)cn1. The minimum atomic E-state index is -0.263. The standard InChI is InChI=1S/C9H10N4O2S/c1-15-7-3-2-6(4-10-7)5-13-8(14)11-12-9(13)16/h2-4H,5H2,1H3,(H,11,14)(H,12,16). The summed E-state index contributed by atoms with van der Waals surface area (Å²) in [5.41, 5.74) is 0.614. The number of H-pyrrole nitrogens is 2. The number of aromatic nitrogens is 4. The third kappa shape index (κ3) is 2.03. The number of ether oxygens (including phenoxy) is 1. The molecule has 0 aliphatic heterocycles. The van der Waals surface area contributed by atoms with Crippen LogP contribution in [-0.2, 0) is 6.54 Å². The molecular weight excluding hydrogens is 228 g/mol. The van der Waals surface area contributed by atoms with Crippen LogP contribution in [0, 0.1) is 4.77 Å². The molecule has 0 atom stereocenters. The number of nitrogens with one attached hydrogen (secondary N) is 2. The first-order chi connectivity index (χ1) is 7.70. The molecular formula is C9H10N4O2S. The van der Waals surface area contributed by atoms with Crippen molar-refractivity contribution in [3.05, 3.63) is 39.1 Å². The predicted octanol–water partition coefficient (Wildman–Crippen LogP) is 0.686. The van der Waals surface area contributed by atoms with Gasteiger partial charge in [-0.1, -0.05) is 6.07 Å². The number of pyridine rings is 1. The van der Waals surface area contributed by atoms with Crippen LogP contribution in [0.5, 0.6) is 5.88 Å². The third-order valence-electron chi connectivity index (χ3n) is 2.11. The molecule has 2 rings (SSSR count). The summed E-state index contributed by atoms with van der Waals surface area (Å²) >= 11 is 4.95. The van der Waals surface area contributed by atoms with Crippen molar-refractivity contribution >= 4 is 12.2 Å². The topological polar surface area (TPSA) is 75.7 Å². The summed E-state index contributed by atoms with van der Waals surface area (Å²) in [7, 11) is 1.55. The van der Waals surface area contributed by atoms with Crippen molar-refractivity contribution in [3.63, 3.8) is 0 Å². The largest absolute Gasteiger partial charge is 0.481 e. The molecule has 0 aliphatic carbocycles. The predicted molar refractivity (Wildman–Crippen MR) is 60.1 cm³/mol. The van der Waals surface area contributed by atoms with E-state index in [9.17, 15) is 4.79 Å². The monoisotopic (exact) mass is 238 g/mol. The highest BCUT2D eigenvalue weighted by atomic mass is 32.1. The van der Waals surface area contributed by atoms with Crippen molar-refractivity contribution in [1.82, 2.24) is 19.7 Å². The smallest absolute Gasteiger partial charge is 0.342 e. The van der Waals surface area contributed by atoms with Gasteiger partial charge in [0.1, 0.15) is 0 Å². The minimum absolute atomic E-state index is 0.263. The molecule has 0 radical (unpaired) electrons. The van der Waals surface area contributed by atoms with Gasteiger partial charge in [-0.05, 0) is 17.8 Å². The Balaban J connectivity index is 2.27. The Hall–Kier alpha value is -1.89. The van der Waals surface area contributed by atoms with Crippen molar-refractivity contribution in [2.24, 2.45) is 0 Å². The van der Waals surface area contributed by atoms with Gasteiger partial charge < -0.3 is 4.74 Å². The van der Waals surface area contributed by atoms with Crippen LogP contribution >= 0.6 is 12.2 Å². The zero-order valence-corrected chi connectivity index (χ0v) is 9.37. The quantitative estimate of drug-likeness (QED) is 0.771. The van der Waals surface area contributed by atoms with E-state index in [4.69, 9.17) is 17.0 Å². The van der Waals surface area contributed by atoms with Crippen LogP contribution in [0.25, 0.3) is 0 Å². The summed E-state index contributed by atoms with van der Waals surface area (Å²) in [6, 6.07) is 3.57. The zero-order chi connectivity index (χ0) is 11.5. The number of nitrogens with zero attached hydrogens (tertiary/aromatic N) is 2. The van der Waals surface area contributed by atoms with E-state index in [0.29, 0.717) is 17.2 Å². The highest BCUT2D eigenvalue weighted by Crippen LogP contribution is 2.07.